The number of halogens is 1. The van der Waals surface area contributed by atoms with E-state index in [1.165, 1.54) is 26.0 Å². The number of para-hydroxylation sites is 1. The molecule has 12 nitrogen and oxygen atoms in total. The van der Waals surface area contributed by atoms with Gasteiger partial charge in [0.05, 0.1) is 24.1 Å². The summed E-state index contributed by atoms with van der Waals surface area (Å²) >= 11 is 6.31. The summed E-state index contributed by atoms with van der Waals surface area (Å²) in [5.41, 5.74) is -3.01. The summed E-state index contributed by atoms with van der Waals surface area (Å²) < 4.78 is 34.4. The van der Waals surface area contributed by atoms with Gasteiger partial charge in [-0.2, -0.15) is 5.09 Å². The van der Waals surface area contributed by atoms with Crippen molar-refractivity contribution in [3.8, 4) is 5.75 Å². The zero-order valence-corrected chi connectivity index (χ0v) is 21.4. The van der Waals surface area contributed by atoms with Gasteiger partial charge in [-0.05, 0) is 32.9 Å². The second kappa shape index (κ2) is 10.9. The normalized spacial score (nSPS) is 25.8. The van der Waals surface area contributed by atoms with E-state index in [0.29, 0.717) is 0 Å². The summed E-state index contributed by atoms with van der Waals surface area (Å²) in [5.74, 6) is -0.536. The maximum absolute atomic E-state index is 13.7. The number of aromatic nitrogens is 2. The van der Waals surface area contributed by atoms with Gasteiger partial charge in [-0.1, -0.05) is 18.2 Å². The molecule has 0 bridgehead atoms. The summed E-state index contributed by atoms with van der Waals surface area (Å²) in [7, 11) is 1.73. The number of aromatic amines is 1. The molecule has 36 heavy (non-hydrogen) atoms. The second-order valence-corrected chi connectivity index (χ2v) is 10.8. The predicted octanol–water partition coefficient (Wildman–Crippen LogP) is 1.03. The van der Waals surface area contributed by atoms with Crippen LogP contribution in [0.15, 0.2) is 52.2 Å². The highest BCUT2D eigenvalue weighted by atomic mass is 35.5. The van der Waals surface area contributed by atoms with Gasteiger partial charge in [-0.3, -0.25) is 23.7 Å². The lowest BCUT2D eigenvalue weighted by atomic mass is 9.79. The standard InChI is InChI=1S/C21H26BClN3O9P/c1-4-32-18(29)20(2,3)25-36(31,35-13-8-6-5-7-9-13)33-12-14-16(28)21(22,23)17(34-14)26-11-10-15(27)24-19(26)30/h5-11,14,16-17,28H,4,12H2,1-3H3,(H,25,31)(H,24,27,30)/t14-,16-,17-,21+,36-/m1/s1. The Hall–Kier alpha value is -2.41. The van der Waals surface area contributed by atoms with Crippen molar-refractivity contribution in [2.45, 2.75) is 49.5 Å². The van der Waals surface area contributed by atoms with E-state index < -0.39 is 60.3 Å². The number of aliphatic hydroxyl groups excluding tert-OH is 1. The zero-order chi connectivity index (χ0) is 26.7. The molecule has 2 radical (unpaired) electrons. The van der Waals surface area contributed by atoms with Gasteiger partial charge >= 0.3 is 19.4 Å². The lowest BCUT2D eigenvalue weighted by molar-refractivity contribution is -0.149. The Bertz CT molecular complexity index is 1240. The molecule has 0 amide bonds. The summed E-state index contributed by atoms with van der Waals surface area (Å²) in [4.78, 5) is 38.0. The number of hydrogen-bond acceptors (Lipinski definition) is 9. The van der Waals surface area contributed by atoms with Gasteiger partial charge in [-0.15, -0.1) is 11.6 Å². The number of rotatable bonds is 10. The number of benzene rings is 1. The molecule has 1 fully saturated rings. The topological polar surface area (TPSA) is 158 Å². The Labute approximate surface area is 212 Å². The number of alkyl halides is 1. The van der Waals surface area contributed by atoms with Crippen molar-refractivity contribution >= 4 is 33.2 Å². The monoisotopic (exact) mass is 541 g/mol. The Balaban J connectivity index is 1.84. The third-order valence-corrected chi connectivity index (χ3v) is 7.35. The maximum Gasteiger partial charge on any atom is 0.459 e. The Kier molecular flexibility index (Phi) is 8.54. The molecule has 3 rings (SSSR count). The van der Waals surface area contributed by atoms with Gasteiger partial charge < -0.3 is 19.1 Å². The minimum Gasteiger partial charge on any atom is -0.465 e. The van der Waals surface area contributed by atoms with Crippen LogP contribution in [0.4, 0.5) is 0 Å². The van der Waals surface area contributed by atoms with Crippen molar-refractivity contribution < 1.29 is 33.0 Å². The fourth-order valence-electron chi connectivity index (χ4n) is 3.37. The second-order valence-electron chi connectivity index (χ2n) is 8.47. The molecule has 15 heteroatoms. The van der Waals surface area contributed by atoms with Gasteiger partial charge in [0.15, 0.2) is 6.23 Å². The molecule has 0 unspecified atom stereocenters. The smallest absolute Gasteiger partial charge is 0.459 e. The molecule has 1 aliphatic heterocycles. The van der Waals surface area contributed by atoms with E-state index in [9.17, 15) is 24.1 Å². The first-order valence-corrected chi connectivity index (χ1v) is 12.8. The molecule has 1 aliphatic rings. The molecule has 1 aromatic heterocycles. The highest BCUT2D eigenvalue weighted by molar-refractivity contribution is 7.52. The molecule has 1 saturated heterocycles. The largest absolute Gasteiger partial charge is 0.465 e. The van der Waals surface area contributed by atoms with Crippen LogP contribution in [-0.4, -0.2) is 64.2 Å². The number of esters is 1. The van der Waals surface area contributed by atoms with E-state index in [0.717, 1.165) is 16.8 Å². The van der Waals surface area contributed by atoms with Crippen LogP contribution in [0.3, 0.4) is 0 Å². The maximum atomic E-state index is 13.7. The molecule has 2 heterocycles. The quantitative estimate of drug-likeness (QED) is 0.172. The van der Waals surface area contributed by atoms with E-state index in [1.807, 2.05) is 4.98 Å². The molecule has 0 aliphatic carbocycles. The molecule has 3 N–H and O–H groups in total. The number of aliphatic hydroxyl groups is 1. The molecule has 5 atom stereocenters. The van der Waals surface area contributed by atoms with Gasteiger partial charge in [-0.25, -0.2) is 9.36 Å². The molecule has 1 aromatic carbocycles. The van der Waals surface area contributed by atoms with Crippen molar-refractivity contribution in [2.75, 3.05) is 13.2 Å². The minimum atomic E-state index is -4.31. The minimum absolute atomic E-state index is 0.0938. The van der Waals surface area contributed by atoms with Gasteiger partial charge in [0.1, 0.15) is 25.2 Å². The molecule has 194 valence electrons. The summed E-state index contributed by atoms with van der Waals surface area (Å²) in [6.07, 6.45) is -3.19. The number of H-pyrrole nitrogens is 1. The Morgan fingerprint density at radius 1 is 1.33 bits per heavy atom. The number of hydrogen-bond donors (Lipinski definition) is 3. The number of nitrogens with zero attached hydrogens (tertiary/aromatic N) is 1. The van der Waals surface area contributed by atoms with Crippen LogP contribution in [-0.2, 0) is 23.4 Å². The van der Waals surface area contributed by atoms with Crippen LogP contribution in [0, 0.1) is 0 Å². The first kappa shape index (κ1) is 28.2. The van der Waals surface area contributed by atoms with Crippen LogP contribution in [0.1, 0.15) is 27.0 Å². The number of ether oxygens (including phenoxy) is 2. The van der Waals surface area contributed by atoms with Gasteiger partial charge in [0.2, 0.25) is 0 Å². The molecule has 0 spiro atoms. The number of carbonyl (C=O) groups is 1. The Morgan fingerprint density at radius 3 is 2.61 bits per heavy atom. The molecule has 2 aromatic rings. The van der Waals surface area contributed by atoms with E-state index in [4.69, 9.17) is 38.0 Å². The summed E-state index contributed by atoms with van der Waals surface area (Å²) in [6.45, 7) is 4.00. The van der Waals surface area contributed by atoms with Crippen molar-refractivity contribution in [1.29, 1.82) is 0 Å². The summed E-state index contributed by atoms with van der Waals surface area (Å²) in [5, 5.41) is 13.3. The average molecular weight is 542 g/mol. The highest BCUT2D eigenvalue weighted by Gasteiger charge is 2.53. The van der Waals surface area contributed by atoms with Crippen LogP contribution < -0.4 is 20.9 Å². The van der Waals surface area contributed by atoms with Crippen LogP contribution in [0.25, 0.3) is 0 Å². The third-order valence-electron chi connectivity index (χ3n) is 5.17. The molecular formula is C21H26BClN3O9P. The number of carbonyl (C=O) groups excluding carboxylic acids is 1. The fraction of sp³-hybridized carbons (Fsp3) is 0.476. The Morgan fingerprint density at radius 2 is 2.00 bits per heavy atom. The van der Waals surface area contributed by atoms with Crippen molar-refractivity contribution in [3.05, 3.63) is 63.4 Å². The van der Waals surface area contributed by atoms with E-state index >= 15 is 0 Å². The van der Waals surface area contributed by atoms with Crippen LogP contribution >= 0.6 is 19.3 Å². The van der Waals surface area contributed by atoms with Gasteiger partial charge in [0, 0.05) is 12.3 Å². The van der Waals surface area contributed by atoms with E-state index in [-0.39, 0.29) is 12.4 Å². The van der Waals surface area contributed by atoms with Crippen LogP contribution in [0.5, 0.6) is 5.75 Å². The zero-order valence-electron chi connectivity index (χ0n) is 19.8. The lowest BCUT2D eigenvalue weighted by Crippen LogP contribution is -2.47. The SMILES string of the molecule is [B][C@]1(Cl)[C@H](O)[C@@H](CO[P@](=O)(NC(C)(C)C(=O)OCC)Oc2ccccc2)O[C@H]1n1ccc(=O)[nH]c1=O. The van der Waals surface area contributed by atoms with Crippen LogP contribution in [0.2, 0.25) is 0 Å². The summed E-state index contributed by atoms with van der Waals surface area (Å²) in [6, 6.07) is 9.11. The molecule has 0 saturated carbocycles. The predicted molar refractivity (Wildman–Crippen MR) is 130 cm³/mol. The first-order valence-electron chi connectivity index (χ1n) is 10.9. The number of nitrogens with one attached hydrogen (secondary N) is 2. The van der Waals surface area contributed by atoms with Crippen molar-refractivity contribution in [1.82, 2.24) is 14.6 Å². The van der Waals surface area contributed by atoms with E-state index in [2.05, 4.69) is 5.09 Å². The molecular weight excluding hydrogens is 515 g/mol. The van der Waals surface area contributed by atoms with Crippen molar-refractivity contribution in [2.24, 2.45) is 0 Å². The average Bonchev–Trinajstić information content (AvgIpc) is 3.01. The fourth-order valence-corrected chi connectivity index (χ4v) is 5.35. The lowest BCUT2D eigenvalue weighted by Gasteiger charge is -2.30. The van der Waals surface area contributed by atoms with Crippen molar-refractivity contribution in [3.63, 3.8) is 0 Å². The van der Waals surface area contributed by atoms with E-state index in [1.54, 1.807) is 25.1 Å². The highest BCUT2D eigenvalue weighted by Crippen LogP contribution is 2.48. The van der Waals surface area contributed by atoms with Gasteiger partial charge in [0.25, 0.3) is 5.56 Å². The third kappa shape index (κ3) is 6.29. The first-order chi connectivity index (χ1) is 16.8.